The number of nitrogens with one attached hydrogen (secondary N) is 1. The Kier molecular flexibility index (Phi) is 7.37. The maximum absolute atomic E-state index is 12.7. The molecule has 1 N–H and O–H groups in total. The molecule has 1 amide bonds. The lowest BCUT2D eigenvalue weighted by molar-refractivity contribution is -0.112. The van der Waals surface area contributed by atoms with E-state index in [0.29, 0.717) is 11.3 Å². The molecule has 6 nitrogen and oxygen atoms in total. The third kappa shape index (κ3) is 5.26. The molecule has 0 aromatic heterocycles. The topological polar surface area (TPSA) is 80.6 Å². The van der Waals surface area contributed by atoms with Crippen LogP contribution in [0.25, 0.3) is 6.08 Å². The van der Waals surface area contributed by atoms with Gasteiger partial charge in [-0.3, -0.25) is 4.79 Å². The number of nitriles is 1. The molecule has 0 unspecified atom stereocenters. The highest BCUT2D eigenvalue weighted by Crippen LogP contribution is 2.40. The predicted molar refractivity (Wildman–Crippen MR) is 109 cm³/mol. The summed E-state index contributed by atoms with van der Waals surface area (Å²) in [6.07, 6.45) is 1.31. The highest BCUT2D eigenvalue weighted by Gasteiger charge is 2.19. The normalized spacial score (nSPS) is 11.1. The summed E-state index contributed by atoms with van der Waals surface area (Å²) in [7, 11) is 2.56. The Morgan fingerprint density at radius 1 is 1.07 bits per heavy atom. The van der Waals surface area contributed by atoms with Crippen molar-refractivity contribution in [2.45, 2.75) is 27.4 Å². The number of alkyl halides is 2. The van der Waals surface area contributed by atoms with Gasteiger partial charge in [-0.05, 0) is 55.7 Å². The molecule has 0 atom stereocenters. The minimum absolute atomic E-state index is 0.0242. The number of halogens is 2. The Bertz CT molecular complexity index is 978. The molecule has 2 rings (SSSR count). The van der Waals surface area contributed by atoms with Crippen molar-refractivity contribution in [3.05, 3.63) is 52.1 Å². The zero-order valence-electron chi connectivity index (χ0n) is 17.3. The van der Waals surface area contributed by atoms with Gasteiger partial charge in [-0.25, -0.2) is 0 Å². The molecule has 158 valence electrons. The predicted octanol–water partition coefficient (Wildman–Crippen LogP) is 4.78. The quantitative estimate of drug-likeness (QED) is 0.519. The summed E-state index contributed by atoms with van der Waals surface area (Å²) in [5.74, 6) is -0.924. The largest absolute Gasteiger partial charge is 0.493 e. The van der Waals surface area contributed by atoms with Crippen molar-refractivity contribution in [2.75, 3.05) is 19.5 Å². The van der Waals surface area contributed by atoms with E-state index in [4.69, 9.17) is 9.47 Å². The molecular formula is C22H22F2N2O4. The number of hydrogen-bond acceptors (Lipinski definition) is 5. The molecule has 0 heterocycles. The summed E-state index contributed by atoms with van der Waals surface area (Å²) in [5.41, 5.74) is 3.59. The SMILES string of the molecule is COc1cc(/C=C(\C#N)C(=O)Nc2c(C)cc(C)cc2C)cc(OC)c1OC(F)F. The van der Waals surface area contributed by atoms with Crippen LogP contribution in [0.3, 0.4) is 0 Å². The van der Waals surface area contributed by atoms with Crippen LogP contribution in [0.1, 0.15) is 22.3 Å². The number of anilines is 1. The second-order valence-electron chi connectivity index (χ2n) is 6.53. The van der Waals surface area contributed by atoms with Gasteiger partial charge in [0.1, 0.15) is 11.6 Å². The summed E-state index contributed by atoms with van der Waals surface area (Å²) in [6, 6.07) is 8.45. The molecule has 0 fully saturated rings. The van der Waals surface area contributed by atoms with E-state index in [-0.39, 0.29) is 22.8 Å². The monoisotopic (exact) mass is 416 g/mol. The molecular weight excluding hydrogens is 394 g/mol. The molecule has 0 radical (unpaired) electrons. The Morgan fingerprint density at radius 3 is 2.03 bits per heavy atom. The zero-order chi connectivity index (χ0) is 22.4. The van der Waals surface area contributed by atoms with Crippen molar-refractivity contribution in [3.63, 3.8) is 0 Å². The Labute approximate surface area is 173 Å². The number of carbonyl (C=O) groups is 1. The second-order valence-corrected chi connectivity index (χ2v) is 6.53. The molecule has 0 aliphatic rings. The van der Waals surface area contributed by atoms with Crippen molar-refractivity contribution in [2.24, 2.45) is 0 Å². The summed E-state index contributed by atoms with van der Waals surface area (Å²) in [4.78, 5) is 12.7. The first-order valence-electron chi connectivity index (χ1n) is 8.92. The first kappa shape index (κ1) is 22.7. The van der Waals surface area contributed by atoms with E-state index in [1.807, 2.05) is 39.0 Å². The second kappa shape index (κ2) is 9.74. The van der Waals surface area contributed by atoms with E-state index in [2.05, 4.69) is 10.1 Å². The van der Waals surface area contributed by atoms with Crippen molar-refractivity contribution in [1.82, 2.24) is 0 Å². The number of ether oxygens (including phenoxy) is 3. The van der Waals surface area contributed by atoms with Gasteiger partial charge < -0.3 is 19.5 Å². The number of carbonyl (C=O) groups excluding carboxylic acids is 1. The van der Waals surface area contributed by atoms with Crippen molar-refractivity contribution < 1.29 is 27.8 Å². The first-order valence-corrected chi connectivity index (χ1v) is 8.92. The molecule has 0 bridgehead atoms. The average molecular weight is 416 g/mol. The summed E-state index contributed by atoms with van der Waals surface area (Å²) in [6.45, 7) is 2.61. The molecule has 30 heavy (non-hydrogen) atoms. The van der Waals surface area contributed by atoms with E-state index < -0.39 is 12.5 Å². The van der Waals surface area contributed by atoms with Gasteiger partial charge in [0.05, 0.1) is 14.2 Å². The van der Waals surface area contributed by atoms with Gasteiger partial charge in [0.15, 0.2) is 11.5 Å². The highest BCUT2D eigenvalue weighted by atomic mass is 19.3. The Morgan fingerprint density at radius 2 is 1.60 bits per heavy atom. The van der Waals surface area contributed by atoms with E-state index in [0.717, 1.165) is 16.7 Å². The summed E-state index contributed by atoms with van der Waals surface area (Å²) in [5, 5.41) is 12.2. The van der Waals surface area contributed by atoms with Crippen molar-refractivity contribution in [3.8, 4) is 23.3 Å². The number of benzene rings is 2. The third-order valence-electron chi connectivity index (χ3n) is 4.28. The van der Waals surface area contributed by atoms with Gasteiger partial charge in [-0.15, -0.1) is 0 Å². The number of rotatable bonds is 7. The van der Waals surface area contributed by atoms with Crippen LogP contribution in [0.2, 0.25) is 0 Å². The van der Waals surface area contributed by atoms with E-state index >= 15 is 0 Å². The molecule has 0 aliphatic heterocycles. The molecule has 0 spiro atoms. The van der Waals surface area contributed by atoms with Gasteiger partial charge >= 0.3 is 6.61 Å². The lowest BCUT2D eigenvalue weighted by Gasteiger charge is -2.15. The third-order valence-corrected chi connectivity index (χ3v) is 4.28. The van der Waals surface area contributed by atoms with Gasteiger partial charge in [0.2, 0.25) is 5.75 Å². The lowest BCUT2D eigenvalue weighted by atomic mass is 10.0. The standard InChI is InChI=1S/C22H22F2N2O4/c1-12-6-13(2)19(14(3)7-12)26-21(27)16(11-25)8-15-9-17(28-4)20(30-22(23)24)18(10-15)29-5/h6-10,22H,1-5H3,(H,26,27)/b16-8+. The van der Waals surface area contributed by atoms with Gasteiger partial charge in [-0.1, -0.05) is 17.7 Å². The summed E-state index contributed by atoms with van der Waals surface area (Å²) < 4.78 is 40.0. The molecule has 0 aliphatic carbocycles. The summed E-state index contributed by atoms with van der Waals surface area (Å²) >= 11 is 0. The van der Waals surface area contributed by atoms with Crippen molar-refractivity contribution >= 4 is 17.7 Å². The number of methoxy groups -OCH3 is 2. The molecule has 0 saturated heterocycles. The minimum atomic E-state index is -3.07. The van der Waals surface area contributed by atoms with E-state index in [9.17, 15) is 18.8 Å². The Balaban J connectivity index is 2.42. The number of amides is 1. The van der Waals surface area contributed by atoms with Crippen LogP contribution in [0.4, 0.5) is 14.5 Å². The zero-order valence-corrected chi connectivity index (χ0v) is 17.3. The smallest absolute Gasteiger partial charge is 0.387 e. The van der Waals surface area contributed by atoms with Crippen LogP contribution in [0.5, 0.6) is 17.2 Å². The van der Waals surface area contributed by atoms with Crippen LogP contribution in [-0.2, 0) is 4.79 Å². The maximum Gasteiger partial charge on any atom is 0.387 e. The fourth-order valence-corrected chi connectivity index (χ4v) is 3.06. The van der Waals surface area contributed by atoms with Gasteiger partial charge in [0.25, 0.3) is 5.91 Å². The molecule has 2 aromatic carbocycles. The fraction of sp³-hybridized carbons (Fsp3) is 0.273. The van der Waals surface area contributed by atoms with Crippen LogP contribution < -0.4 is 19.5 Å². The van der Waals surface area contributed by atoms with E-state index in [1.165, 1.54) is 32.4 Å². The molecule has 8 heteroatoms. The lowest BCUT2D eigenvalue weighted by Crippen LogP contribution is -2.15. The molecule has 2 aromatic rings. The number of aryl methyl sites for hydroxylation is 3. The van der Waals surface area contributed by atoms with Gasteiger partial charge in [-0.2, -0.15) is 14.0 Å². The molecule has 0 saturated carbocycles. The van der Waals surface area contributed by atoms with Crippen molar-refractivity contribution in [1.29, 1.82) is 5.26 Å². The van der Waals surface area contributed by atoms with Crippen LogP contribution in [-0.4, -0.2) is 26.7 Å². The maximum atomic E-state index is 12.7. The first-order chi connectivity index (χ1) is 14.2. The minimum Gasteiger partial charge on any atom is -0.493 e. The van der Waals surface area contributed by atoms with Crippen LogP contribution >= 0.6 is 0 Å². The van der Waals surface area contributed by atoms with Gasteiger partial charge in [0, 0.05) is 5.69 Å². The number of nitrogens with zero attached hydrogens (tertiary/aromatic N) is 1. The highest BCUT2D eigenvalue weighted by molar-refractivity contribution is 6.10. The fourth-order valence-electron chi connectivity index (χ4n) is 3.06. The average Bonchev–Trinajstić information content (AvgIpc) is 2.68. The number of hydrogen-bond donors (Lipinski definition) is 1. The Hall–Kier alpha value is -3.60. The van der Waals surface area contributed by atoms with Crippen LogP contribution in [0, 0.1) is 32.1 Å². The van der Waals surface area contributed by atoms with E-state index in [1.54, 1.807) is 0 Å². The van der Waals surface area contributed by atoms with Crippen LogP contribution in [0.15, 0.2) is 29.8 Å².